The van der Waals surface area contributed by atoms with Crippen LogP contribution in [0.2, 0.25) is 0 Å². The van der Waals surface area contributed by atoms with Crippen molar-refractivity contribution in [2.45, 2.75) is 57.6 Å². The molecule has 7 heteroatoms. The number of carbonyl (C=O) groups is 1. The van der Waals surface area contributed by atoms with Gasteiger partial charge in [-0.15, -0.1) is 0 Å². The average molecular weight is 519 g/mol. The van der Waals surface area contributed by atoms with E-state index in [1.165, 1.54) is 26.0 Å². The van der Waals surface area contributed by atoms with E-state index in [4.69, 9.17) is 19.9 Å². The quantitative estimate of drug-likeness (QED) is 0.353. The molecule has 5 rings (SSSR count). The van der Waals surface area contributed by atoms with Gasteiger partial charge >= 0.3 is 5.97 Å². The fraction of sp³-hybridized carbons (Fsp3) is 0.419. The van der Waals surface area contributed by atoms with Crippen LogP contribution in [0.25, 0.3) is 11.1 Å². The second-order valence-corrected chi connectivity index (χ2v) is 10.5. The number of rotatable bonds is 8. The molecular formula is C31H35FN2O4. The molecule has 3 aromatic rings. The number of esters is 1. The summed E-state index contributed by atoms with van der Waals surface area (Å²) >= 11 is 0. The summed E-state index contributed by atoms with van der Waals surface area (Å²) in [7, 11) is 2.96. The van der Waals surface area contributed by atoms with Crippen LogP contribution < -0.4 is 15.2 Å². The molecule has 0 spiro atoms. The zero-order chi connectivity index (χ0) is 27.0. The maximum atomic E-state index is 14.7. The Balaban J connectivity index is 1.45. The topological polar surface area (TPSA) is 83.7 Å². The molecular weight excluding hydrogens is 483 g/mol. The van der Waals surface area contributed by atoms with E-state index in [-0.39, 0.29) is 30.0 Å². The molecule has 0 radical (unpaired) electrons. The number of nitrogens with zero attached hydrogens (tertiary/aromatic N) is 1. The first-order valence-corrected chi connectivity index (χ1v) is 13.3. The summed E-state index contributed by atoms with van der Waals surface area (Å²) in [6.07, 6.45) is 4.98. The third-order valence-electron chi connectivity index (χ3n) is 7.93. The van der Waals surface area contributed by atoms with E-state index in [9.17, 15) is 9.18 Å². The fourth-order valence-corrected chi connectivity index (χ4v) is 5.73. The monoisotopic (exact) mass is 518 g/mol. The molecule has 0 amide bonds. The minimum Gasteiger partial charge on any atom is -0.485 e. The molecule has 2 aliphatic rings. The van der Waals surface area contributed by atoms with Crippen LogP contribution >= 0.6 is 0 Å². The molecule has 2 aromatic carbocycles. The Bertz CT molecular complexity index is 1340. The van der Waals surface area contributed by atoms with Crippen LogP contribution in [0.15, 0.2) is 48.7 Å². The predicted molar refractivity (Wildman–Crippen MR) is 144 cm³/mol. The van der Waals surface area contributed by atoms with Gasteiger partial charge in [-0.3, -0.25) is 4.79 Å². The highest BCUT2D eigenvalue weighted by molar-refractivity contribution is 5.73. The van der Waals surface area contributed by atoms with Crippen LogP contribution in [-0.4, -0.2) is 25.2 Å². The molecule has 38 heavy (non-hydrogen) atoms. The number of hydrogen-bond acceptors (Lipinski definition) is 6. The lowest BCUT2D eigenvalue weighted by molar-refractivity contribution is -0.145. The maximum absolute atomic E-state index is 14.7. The average Bonchev–Trinajstić information content (AvgIpc) is 3.77. The van der Waals surface area contributed by atoms with E-state index in [2.05, 4.69) is 23.2 Å². The van der Waals surface area contributed by atoms with Crippen molar-refractivity contribution >= 4 is 5.97 Å². The third kappa shape index (κ3) is 5.12. The van der Waals surface area contributed by atoms with Gasteiger partial charge in [0.2, 0.25) is 5.88 Å². The molecule has 2 N–H and O–H groups in total. The molecule has 1 aromatic heterocycles. The second kappa shape index (κ2) is 10.7. The standard InChI is InChI=1S/C31H35FN2O4/c1-17(31(35)37-4)30(20-6-7-20)22-8-5-19-10-12-27(38-28(19)14-22)21-9-11-23(24(13-21)18(2)33)25-15-29(36-3)34-16-26(25)32/h5,8-9,11,13-18,20,27,30H,6-7,10,12,33H2,1-4H3/t17-,18-,27+,30-/m0/s1. The second-order valence-electron chi connectivity index (χ2n) is 10.5. The van der Waals surface area contributed by atoms with Gasteiger partial charge in [0.1, 0.15) is 17.7 Å². The minimum atomic E-state index is -0.428. The Hall–Kier alpha value is -3.45. The maximum Gasteiger partial charge on any atom is 0.309 e. The SMILES string of the molecule is COC(=O)[C@@H](C)[C@H](c1ccc2c(c1)O[C@@H](c1ccc(-c3cc(OC)ncc3F)c([C@H](C)N)c1)CC2)C1CC1. The normalized spacial score (nSPS) is 19.1. The molecule has 6 nitrogen and oxygen atoms in total. The first-order chi connectivity index (χ1) is 18.3. The van der Waals surface area contributed by atoms with Crippen LogP contribution in [0.5, 0.6) is 11.6 Å². The highest BCUT2D eigenvalue weighted by Crippen LogP contribution is 2.48. The lowest BCUT2D eigenvalue weighted by atomic mass is 9.82. The molecule has 2 heterocycles. The van der Waals surface area contributed by atoms with Gasteiger partial charge in [-0.2, -0.15) is 0 Å². The first-order valence-electron chi connectivity index (χ1n) is 13.3. The molecule has 1 aliphatic carbocycles. The number of pyridine rings is 1. The van der Waals surface area contributed by atoms with E-state index in [1.807, 2.05) is 32.0 Å². The van der Waals surface area contributed by atoms with Crippen LogP contribution in [0.3, 0.4) is 0 Å². The third-order valence-corrected chi connectivity index (χ3v) is 7.93. The zero-order valence-corrected chi connectivity index (χ0v) is 22.4. The van der Waals surface area contributed by atoms with Gasteiger partial charge < -0.3 is 19.9 Å². The number of fused-ring (bicyclic) bond motifs is 1. The van der Waals surface area contributed by atoms with Crippen molar-refractivity contribution in [1.82, 2.24) is 4.98 Å². The molecule has 0 unspecified atom stereocenters. The fourth-order valence-electron chi connectivity index (χ4n) is 5.73. The number of hydrogen-bond donors (Lipinski definition) is 1. The van der Waals surface area contributed by atoms with Crippen LogP contribution in [-0.2, 0) is 16.0 Å². The number of benzene rings is 2. The van der Waals surface area contributed by atoms with Gasteiger partial charge in [-0.25, -0.2) is 9.37 Å². The number of nitrogens with two attached hydrogens (primary N) is 1. The minimum absolute atomic E-state index is 0.118. The summed E-state index contributed by atoms with van der Waals surface area (Å²) in [5, 5.41) is 0. The highest BCUT2D eigenvalue weighted by atomic mass is 19.1. The zero-order valence-electron chi connectivity index (χ0n) is 22.4. The van der Waals surface area contributed by atoms with Crippen molar-refractivity contribution in [3.63, 3.8) is 0 Å². The number of ether oxygens (including phenoxy) is 3. The summed E-state index contributed by atoms with van der Waals surface area (Å²) in [6, 6.07) is 13.6. The molecule has 1 saturated carbocycles. The molecule has 4 atom stereocenters. The van der Waals surface area contributed by atoms with Crippen molar-refractivity contribution in [3.8, 4) is 22.8 Å². The summed E-state index contributed by atoms with van der Waals surface area (Å²) < 4.78 is 31.6. The Morgan fingerprint density at radius 2 is 1.87 bits per heavy atom. The van der Waals surface area contributed by atoms with Crippen molar-refractivity contribution < 1.29 is 23.4 Å². The van der Waals surface area contributed by atoms with Crippen LogP contribution in [0, 0.1) is 17.7 Å². The van der Waals surface area contributed by atoms with E-state index in [0.29, 0.717) is 22.9 Å². The van der Waals surface area contributed by atoms with Gasteiger partial charge in [-0.05, 0) is 84.4 Å². The van der Waals surface area contributed by atoms with Gasteiger partial charge in [0.15, 0.2) is 0 Å². The van der Waals surface area contributed by atoms with Crippen LogP contribution in [0.1, 0.15) is 73.4 Å². The largest absolute Gasteiger partial charge is 0.485 e. The molecule has 1 fully saturated rings. The Morgan fingerprint density at radius 1 is 1.08 bits per heavy atom. The summed E-state index contributed by atoms with van der Waals surface area (Å²) in [5.41, 5.74) is 11.6. The van der Waals surface area contributed by atoms with Crippen molar-refractivity contribution in [2.24, 2.45) is 17.6 Å². The highest BCUT2D eigenvalue weighted by Gasteiger charge is 2.39. The van der Waals surface area contributed by atoms with E-state index >= 15 is 0 Å². The molecule has 1 aliphatic heterocycles. The number of halogens is 1. The lowest BCUT2D eigenvalue weighted by Gasteiger charge is -2.29. The van der Waals surface area contributed by atoms with Crippen molar-refractivity contribution in [1.29, 1.82) is 0 Å². The number of carbonyl (C=O) groups excluding carboxylic acids is 1. The summed E-state index contributed by atoms with van der Waals surface area (Å²) in [6.45, 7) is 3.85. The number of aromatic nitrogens is 1. The molecule has 200 valence electrons. The molecule has 0 bridgehead atoms. The Morgan fingerprint density at radius 3 is 2.55 bits per heavy atom. The smallest absolute Gasteiger partial charge is 0.309 e. The Kier molecular flexibility index (Phi) is 7.39. The van der Waals surface area contributed by atoms with E-state index < -0.39 is 5.82 Å². The van der Waals surface area contributed by atoms with Gasteiger partial charge in [0.25, 0.3) is 0 Å². The number of aryl methyl sites for hydroxylation is 1. The lowest BCUT2D eigenvalue weighted by Crippen LogP contribution is -2.23. The van der Waals surface area contributed by atoms with E-state index in [1.54, 1.807) is 6.07 Å². The van der Waals surface area contributed by atoms with Crippen LogP contribution in [0.4, 0.5) is 4.39 Å². The molecule has 0 saturated heterocycles. The summed E-state index contributed by atoms with van der Waals surface area (Å²) in [4.78, 5) is 16.3. The van der Waals surface area contributed by atoms with Gasteiger partial charge in [-0.1, -0.05) is 31.2 Å². The van der Waals surface area contributed by atoms with Crippen molar-refractivity contribution in [3.05, 3.63) is 76.7 Å². The van der Waals surface area contributed by atoms with Crippen molar-refractivity contribution in [2.75, 3.05) is 14.2 Å². The Labute approximate surface area is 223 Å². The van der Waals surface area contributed by atoms with E-state index in [0.717, 1.165) is 48.1 Å². The summed E-state index contributed by atoms with van der Waals surface area (Å²) in [5.74, 6) is 1.00. The first kappa shape index (κ1) is 26.2. The number of methoxy groups -OCH3 is 2. The predicted octanol–water partition coefficient (Wildman–Crippen LogP) is 6.29. The van der Waals surface area contributed by atoms with Gasteiger partial charge in [0.05, 0.1) is 26.3 Å². The van der Waals surface area contributed by atoms with Gasteiger partial charge in [0, 0.05) is 17.7 Å².